The van der Waals surface area contributed by atoms with E-state index in [1.165, 1.54) is 0 Å². The van der Waals surface area contributed by atoms with Gasteiger partial charge in [-0.15, -0.1) is 0 Å². The summed E-state index contributed by atoms with van der Waals surface area (Å²) < 4.78 is 35.3. The normalized spacial score (nSPS) is 25.5. The number of rotatable bonds is 3. The van der Waals surface area contributed by atoms with E-state index in [0.29, 0.717) is 12.8 Å². The Hall–Kier alpha value is -1.27. The van der Waals surface area contributed by atoms with Gasteiger partial charge in [0, 0.05) is 12.5 Å². The predicted molar refractivity (Wildman–Crippen MR) is 43.0 cm³/mol. The molecule has 0 radical (unpaired) electrons. The van der Waals surface area contributed by atoms with Gasteiger partial charge in [-0.2, -0.15) is 13.2 Å². The summed E-state index contributed by atoms with van der Waals surface area (Å²) >= 11 is 0. The lowest BCUT2D eigenvalue weighted by Crippen LogP contribution is -2.49. The maximum atomic E-state index is 11.8. The van der Waals surface area contributed by atoms with Crippen LogP contribution in [-0.2, 0) is 9.59 Å². The van der Waals surface area contributed by atoms with Gasteiger partial charge in [0.1, 0.15) is 0 Å². The van der Waals surface area contributed by atoms with Crippen molar-refractivity contribution in [2.24, 2.45) is 5.92 Å². The summed E-state index contributed by atoms with van der Waals surface area (Å²) in [4.78, 5) is 20.7. The van der Waals surface area contributed by atoms with Crippen LogP contribution >= 0.6 is 0 Å². The Morgan fingerprint density at radius 3 is 2.27 bits per heavy atom. The zero-order valence-electron chi connectivity index (χ0n) is 7.67. The molecular formula is C8H10F3NO3. The first-order chi connectivity index (χ1) is 6.79. The Labute approximate surface area is 83.5 Å². The van der Waals surface area contributed by atoms with Crippen molar-refractivity contribution >= 4 is 11.9 Å². The molecule has 7 heteroatoms. The number of carboxylic acids is 1. The van der Waals surface area contributed by atoms with Gasteiger partial charge >= 0.3 is 18.1 Å². The molecule has 0 bridgehead atoms. The molecule has 0 unspecified atom stereocenters. The second kappa shape index (κ2) is 4.08. The van der Waals surface area contributed by atoms with E-state index in [-0.39, 0.29) is 12.3 Å². The summed E-state index contributed by atoms with van der Waals surface area (Å²) in [6, 6.07) is -0.538. The molecule has 0 heterocycles. The number of carbonyl (C=O) groups is 2. The van der Waals surface area contributed by atoms with E-state index in [9.17, 15) is 22.8 Å². The van der Waals surface area contributed by atoms with Crippen LogP contribution in [0.2, 0.25) is 0 Å². The first-order valence-corrected chi connectivity index (χ1v) is 4.38. The van der Waals surface area contributed by atoms with Gasteiger partial charge in [0.05, 0.1) is 0 Å². The molecule has 1 aliphatic rings. The van der Waals surface area contributed by atoms with Crippen molar-refractivity contribution in [1.82, 2.24) is 5.32 Å². The van der Waals surface area contributed by atoms with E-state index >= 15 is 0 Å². The quantitative estimate of drug-likeness (QED) is 0.750. The summed E-state index contributed by atoms with van der Waals surface area (Å²) in [6.07, 6.45) is -4.32. The van der Waals surface area contributed by atoms with E-state index in [2.05, 4.69) is 0 Å². The summed E-state index contributed by atoms with van der Waals surface area (Å²) in [5, 5.41) is 10.2. The zero-order chi connectivity index (χ0) is 11.6. The van der Waals surface area contributed by atoms with Crippen LogP contribution < -0.4 is 5.32 Å². The van der Waals surface area contributed by atoms with Crippen LogP contribution in [0.1, 0.15) is 19.3 Å². The molecule has 15 heavy (non-hydrogen) atoms. The summed E-state index contributed by atoms with van der Waals surface area (Å²) in [5.74, 6) is -3.05. The Balaban J connectivity index is 2.23. The SMILES string of the molecule is O=C(O)CC1CC(NC(=O)C(F)(F)F)C1. The third-order valence-corrected chi connectivity index (χ3v) is 2.29. The summed E-state index contributed by atoms with van der Waals surface area (Å²) in [5.41, 5.74) is 0. The average molecular weight is 225 g/mol. The molecule has 1 aliphatic carbocycles. The van der Waals surface area contributed by atoms with Crippen LogP contribution in [0.15, 0.2) is 0 Å². The van der Waals surface area contributed by atoms with Crippen LogP contribution in [0.4, 0.5) is 13.2 Å². The maximum absolute atomic E-state index is 11.8. The smallest absolute Gasteiger partial charge is 0.471 e. The van der Waals surface area contributed by atoms with Crippen molar-refractivity contribution in [1.29, 1.82) is 0 Å². The largest absolute Gasteiger partial charge is 0.481 e. The highest BCUT2D eigenvalue weighted by molar-refractivity contribution is 5.82. The minimum atomic E-state index is -4.86. The number of halogens is 3. The fraction of sp³-hybridized carbons (Fsp3) is 0.750. The monoisotopic (exact) mass is 225 g/mol. The highest BCUT2D eigenvalue weighted by Crippen LogP contribution is 2.31. The fourth-order valence-electron chi connectivity index (χ4n) is 1.53. The van der Waals surface area contributed by atoms with Gasteiger partial charge in [0.25, 0.3) is 0 Å². The number of nitrogens with one attached hydrogen (secondary N) is 1. The summed E-state index contributed by atoms with van der Waals surface area (Å²) in [6.45, 7) is 0. The number of carbonyl (C=O) groups excluding carboxylic acids is 1. The van der Waals surface area contributed by atoms with Crippen LogP contribution in [0, 0.1) is 5.92 Å². The van der Waals surface area contributed by atoms with Gasteiger partial charge in [-0.1, -0.05) is 0 Å². The van der Waals surface area contributed by atoms with Crippen LogP contribution in [0.5, 0.6) is 0 Å². The number of amides is 1. The maximum Gasteiger partial charge on any atom is 0.471 e. The molecule has 2 N–H and O–H groups in total. The van der Waals surface area contributed by atoms with Gasteiger partial charge in [-0.3, -0.25) is 9.59 Å². The minimum Gasteiger partial charge on any atom is -0.481 e. The molecular weight excluding hydrogens is 215 g/mol. The molecule has 0 spiro atoms. The van der Waals surface area contributed by atoms with E-state index in [1.807, 2.05) is 0 Å². The van der Waals surface area contributed by atoms with Crippen molar-refractivity contribution < 1.29 is 27.9 Å². The molecule has 0 aromatic carbocycles. The average Bonchev–Trinajstić information content (AvgIpc) is 1.97. The molecule has 4 nitrogen and oxygen atoms in total. The molecule has 1 fully saturated rings. The standard InChI is InChI=1S/C8H10F3NO3/c9-8(10,11)7(15)12-5-1-4(2-5)3-6(13)14/h4-5H,1-3H2,(H,12,15)(H,13,14). The van der Waals surface area contributed by atoms with Crippen molar-refractivity contribution in [3.8, 4) is 0 Å². The van der Waals surface area contributed by atoms with Crippen LogP contribution in [0.25, 0.3) is 0 Å². The van der Waals surface area contributed by atoms with Gasteiger partial charge in [-0.05, 0) is 18.8 Å². The number of hydrogen-bond donors (Lipinski definition) is 2. The second-order valence-corrected chi connectivity index (χ2v) is 3.60. The lowest BCUT2D eigenvalue weighted by atomic mass is 9.78. The second-order valence-electron chi connectivity index (χ2n) is 3.60. The van der Waals surface area contributed by atoms with Gasteiger partial charge < -0.3 is 10.4 Å². The third kappa shape index (κ3) is 3.41. The highest BCUT2D eigenvalue weighted by Gasteiger charge is 2.42. The fourth-order valence-corrected chi connectivity index (χ4v) is 1.53. The molecule has 0 aromatic rings. The van der Waals surface area contributed by atoms with Crippen molar-refractivity contribution in [3.05, 3.63) is 0 Å². The molecule has 1 saturated carbocycles. The topological polar surface area (TPSA) is 66.4 Å². The molecule has 1 rings (SSSR count). The molecule has 0 aliphatic heterocycles. The Morgan fingerprint density at radius 2 is 1.87 bits per heavy atom. The first-order valence-electron chi connectivity index (χ1n) is 4.38. The lowest BCUT2D eigenvalue weighted by Gasteiger charge is -2.34. The Morgan fingerprint density at radius 1 is 1.33 bits per heavy atom. The number of carboxylic acid groups (broad SMARTS) is 1. The van der Waals surface area contributed by atoms with Crippen LogP contribution in [0.3, 0.4) is 0 Å². The highest BCUT2D eigenvalue weighted by atomic mass is 19.4. The predicted octanol–water partition coefficient (Wildman–Crippen LogP) is 0.918. The Bertz CT molecular complexity index is 271. The van der Waals surface area contributed by atoms with E-state index < -0.39 is 24.1 Å². The number of hydrogen-bond acceptors (Lipinski definition) is 2. The van der Waals surface area contributed by atoms with Gasteiger partial charge in [0.15, 0.2) is 0 Å². The molecule has 0 saturated heterocycles. The summed E-state index contributed by atoms with van der Waals surface area (Å²) in [7, 11) is 0. The number of aliphatic carboxylic acids is 1. The molecule has 0 aromatic heterocycles. The first kappa shape index (κ1) is 11.8. The van der Waals surface area contributed by atoms with E-state index in [4.69, 9.17) is 5.11 Å². The van der Waals surface area contributed by atoms with E-state index in [1.54, 1.807) is 5.32 Å². The van der Waals surface area contributed by atoms with Crippen molar-refractivity contribution in [3.63, 3.8) is 0 Å². The molecule has 0 atom stereocenters. The zero-order valence-corrected chi connectivity index (χ0v) is 7.67. The molecule has 86 valence electrons. The van der Waals surface area contributed by atoms with Gasteiger partial charge in [-0.25, -0.2) is 0 Å². The van der Waals surface area contributed by atoms with Gasteiger partial charge in [0.2, 0.25) is 0 Å². The Kier molecular flexibility index (Phi) is 3.21. The van der Waals surface area contributed by atoms with Crippen molar-refractivity contribution in [2.75, 3.05) is 0 Å². The lowest BCUT2D eigenvalue weighted by molar-refractivity contribution is -0.175. The van der Waals surface area contributed by atoms with Crippen molar-refractivity contribution in [2.45, 2.75) is 31.5 Å². The minimum absolute atomic E-state index is 0.0572. The third-order valence-electron chi connectivity index (χ3n) is 2.29. The van der Waals surface area contributed by atoms with E-state index in [0.717, 1.165) is 0 Å². The van der Waals surface area contributed by atoms with Crippen LogP contribution in [-0.4, -0.2) is 29.2 Å². The molecule has 1 amide bonds. The number of alkyl halides is 3.